The molecular weight excluding hydrogens is 510 g/mol. The Kier molecular flexibility index (Phi) is 9.28. The number of aliphatic hydroxyl groups is 6. The first-order valence-corrected chi connectivity index (χ1v) is 12.8. The standard InChI is InChI=1S/C22H41N5O11/c23-5-11-15(30)16(31)13(26)19(36-11)38-18-12(6-28)37-20(17(18)32)35-10-2-7(24)1-9(14(10)29)27-21(33)22(34)3-8(25)4-22/h7-20,28-32,34H,1-6,23-26H2,(H,27,33)/t7-,8?,9+,10-,11-,12+,13+,14-,15+,16+,17+,18?,19+,20+,22?/m0/s1. The predicted octanol–water partition coefficient (Wildman–Crippen LogP) is -6.61. The van der Waals surface area contributed by atoms with Crippen LogP contribution in [0.3, 0.4) is 0 Å². The average Bonchev–Trinajstić information content (AvgIpc) is 3.15. The van der Waals surface area contributed by atoms with E-state index in [9.17, 15) is 35.4 Å². The Balaban J connectivity index is 1.39. The molecule has 0 bridgehead atoms. The molecule has 16 heteroatoms. The fourth-order valence-electron chi connectivity index (χ4n) is 5.56. The van der Waals surface area contributed by atoms with Crippen LogP contribution in [-0.4, -0.2) is 141 Å². The third-order valence-corrected chi connectivity index (χ3v) is 7.88. The van der Waals surface area contributed by atoms with Gasteiger partial charge in [0.25, 0.3) is 5.91 Å². The number of aliphatic hydroxyl groups excluding tert-OH is 5. The molecule has 2 heterocycles. The molecule has 1 amide bonds. The minimum Gasteiger partial charge on any atom is -0.394 e. The second kappa shape index (κ2) is 11.8. The lowest BCUT2D eigenvalue weighted by molar-refractivity contribution is -0.280. The zero-order chi connectivity index (χ0) is 27.9. The number of ether oxygens (including phenoxy) is 4. The van der Waals surface area contributed by atoms with Crippen LogP contribution < -0.4 is 28.3 Å². The van der Waals surface area contributed by atoms with Gasteiger partial charge in [-0.3, -0.25) is 4.79 Å². The van der Waals surface area contributed by atoms with Gasteiger partial charge in [0, 0.05) is 31.5 Å². The number of hydrogen-bond acceptors (Lipinski definition) is 15. The van der Waals surface area contributed by atoms with Gasteiger partial charge in [-0.2, -0.15) is 0 Å². The number of rotatable bonds is 8. The SMILES string of the molecule is NC[C@@H]1O[C@H](OC2[C@@H](O)[C@H](O[C@H]3C[C@@H](N)C[C@@H](NC(=O)C4(O)CC(N)C4)[C@@H]3O)O[C@@H]2CO)[C@H](N)[C@@H](O)[C@@H]1O. The van der Waals surface area contributed by atoms with Crippen LogP contribution >= 0.6 is 0 Å². The van der Waals surface area contributed by atoms with Crippen LogP contribution in [-0.2, 0) is 23.7 Å². The van der Waals surface area contributed by atoms with E-state index >= 15 is 0 Å². The van der Waals surface area contributed by atoms with E-state index < -0.39 is 97.7 Å². The molecule has 13 atom stereocenters. The van der Waals surface area contributed by atoms with Crippen molar-refractivity contribution >= 4 is 5.91 Å². The quantitative estimate of drug-likeness (QED) is 0.134. The lowest BCUT2D eigenvalue weighted by Crippen LogP contribution is -2.65. The van der Waals surface area contributed by atoms with E-state index in [1.807, 2.05) is 0 Å². The van der Waals surface area contributed by atoms with Crippen LogP contribution in [0.4, 0.5) is 0 Å². The molecule has 4 fully saturated rings. The summed E-state index contributed by atoms with van der Waals surface area (Å²) in [5.74, 6) is -0.658. The van der Waals surface area contributed by atoms with E-state index in [2.05, 4.69) is 5.32 Å². The molecule has 38 heavy (non-hydrogen) atoms. The highest BCUT2D eigenvalue weighted by Crippen LogP contribution is 2.34. The molecule has 16 nitrogen and oxygen atoms in total. The molecule has 0 radical (unpaired) electrons. The highest BCUT2D eigenvalue weighted by atomic mass is 16.7. The largest absolute Gasteiger partial charge is 0.394 e. The number of carbonyl (C=O) groups excluding carboxylic acids is 1. The topological polar surface area (TPSA) is 291 Å². The van der Waals surface area contributed by atoms with Crippen molar-refractivity contribution in [2.45, 2.75) is 117 Å². The Labute approximate surface area is 219 Å². The molecule has 0 aromatic carbocycles. The minimum atomic E-state index is -1.60. The van der Waals surface area contributed by atoms with Crippen LogP contribution in [0.2, 0.25) is 0 Å². The van der Waals surface area contributed by atoms with Crippen molar-refractivity contribution in [3.05, 3.63) is 0 Å². The smallest absolute Gasteiger partial charge is 0.252 e. The van der Waals surface area contributed by atoms with Gasteiger partial charge in [0.1, 0.15) is 48.3 Å². The lowest BCUT2D eigenvalue weighted by atomic mass is 9.75. The normalized spacial score (nSPS) is 51.4. The summed E-state index contributed by atoms with van der Waals surface area (Å²) in [7, 11) is 0. The number of hydrogen-bond donors (Lipinski definition) is 11. The molecule has 4 aliphatic rings. The summed E-state index contributed by atoms with van der Waals surface area (Å²) in [4.78, 5) is 12.6. The summed E-state index contributed by atoms with van der Waals surface area (Å²) in [5, 5.41) is 65.0. The highest BCUT2D eigenvalue weighted by Gasteiger charge is 2.52. The van der Waals surface area contributed by atoms with Crippen molar-refractivity contribution in [3.63, 3.8) is 0 Å². The first kappa shape index (κ1) is 29.9. The Bertz CT molecular complexity index is 821. The van der Waals surface area contributed by atoms with Gasteiger partial charge in [-0.1, -0.05) is 0 Å². The van der Waals surface area contributed by atoms with Crippen molar-refractivity contribution in [1.82, 2.24) is 5.32 Å². The molecular formula is C22H41N5O11. The van der Waals surface area contributed by atoms with Crippen LogP contribution in [0.5, 0.6) is 0 Å². The average molecular weight is 552 g/mol. The molecule has 15 N–H and O–H groups in total. The highest BCUT2D eigenvalue weighted by molar-refractivity contribution is 5.86. The lowest BCUT2D eigenvalue weighted by Gasteiger charge is -2.43. The third-order valence-electron chi connectivity index (χ3n) is 7.88. The Hall–Kier alpha value is -1.09. The number of amides is 1. The van der Waals surface area contributed by atoms with Gasteiger partial charge in [0.2, 0.25) is 0 Å². The van der Waals surface area contributed by atoms with Gasteiger partial charge < -0.3 is 77.8 Å². The maximum Gasteiger partial charge on any atom is 0.252 e. The Morgan fingerprint density at radius 1 is 0.895 bits per heavy atom. The predicted molar refractivity (Wildman–Crippen MR) is 127 cm³/mol. The van der Waals surface area contributed by atoms with Gasteiger partial charge in [0.15, 0.2) is 12.6 Å². The van der Waals surface area contributed by atoms with Gasteiger partial charge in [0.05, 0.1) is 24.8 Å². The summed E-state index contributed by atoms with van der Waals surface area (Å²) in [6, 6.07) is -2.80. The van der Waals surface area contributed by atoms with E-state index in [-0.39, 0.29) is 38.3 Å². The number of nitrogens with two attached hydrogens (primary N) is 4. The summed E-state index contributed by atoms with van der Waals surface area (Å²) < 4.78 is 22.8. The summed E-state index contributed by atoms with van der Waals surface area (Å²) in [5.41, 5.74) is 21.7. The van der Waals surface area contributed by atoms with Gasteiger partial charge in [-0.25, -0.2) is 0 Å². The van der Waals surface area contributed by atoms with E-state index in [0.717, 1.165) is 0 Å². The van der Waals surface area contributed by atoms with Crippen LogP contribution in [0.1, 0.15) is 25.7 Å². The van der Waals surface area contributed by atoms with E-state index in [1.54, 1.807) is 0 Å². The van der Waals surface area contributed by atoms with Crippen molar-refractivity contribution in [2.75, 3.05) is 13.2 Å². The monoisotopic (exact) mass is 551 g/mol. The Morgan fingerprint density at radius 3 is 2.16 bits per heavy atom. The fourth-order valence-corrected chi connectivity index (χ4v) is 5.56. The van der Waals surface area contributed by atoms with Crippen molar-refractivity contribution in [2.24, 2.45) is 22.9 Å². The minimum absolute atomic E-state index is 0.107. The van der Waals surface area contributed by atoms with Crippen molar-refractivity contribution in [1.29, 1.82) is 0 Å². The molecule has 2 aliphatic heterocycles. The van der Waals surface area contributed by atoms with Crippen LogP contribution in [0.15, 0.2) is 0 Å². The zero-order valence-corrected chi connectivity index (χ0v) is 20.9. The van der Waals surface area contributed by atoms with E-state index in [0.29, 0.717) is 0 Å². The van der Waals surface area contributed by atoms with Crippen molar-refractivity contribution < 1.29 is 54.4 Å². The van der Waals surface area contributed by atoms with Gasteiger partial charge >= 0.3 is 0 Å². The van der Waals surface area contributed by atoms with Crippen molar-refractivity contribution in [3.8, 4) is 0 Å². The molecule has 220 valence electrons. The first-order valence-electron chi connectivity index (χ1n) is 12.8. The summed E-state index contributed by atoms with van der Waals surface area (Å²) in [6.07, 6.45) is -11.8. The van der Waals surface area contributed by atoms with E-state index in [4.69, 9.17) is 41.9 Å². The third kappa shape index (κ3) is 5.84. The molecule has 0 aromatic heterocycles. The molecule has 0 spiro atoms. The molecule has 2 saturated heterocycles. The van der Waals surface area contributed by atoms with Gasteiger partial charge in [-0.05, 0) is 12.8 Å². The summed E-state index contributed by atoms with van der Waals surface area (Å²) in [6.45, 7) is -0.716. The number of nitrogens with one attached hydrogen (secondary N) is 1. The molecule has 1 unspecified atom stereocenters. The molecule has 4 rings (SSSR count). The second-order valence-electron chi connectivity index (χ2n) is 10.8. The number of carbonyl (C=O) groups is 1. The van der Waals surface area contributed by atoms with Crippen LogP contribution in [0, 0.1) is 0 Å². The second-order valence-corrected chi connectivity index (χ2v) is 10.8. The molecule has 2 saturated carbocycles. The zero-order valence-electron chi connectivity index (χ0n) is 20.9. The Morgan fingerprint density at radius 2 is 1.55 bits per heavy atom. The van der Waals surface area contributed by atoms with E-state index in [1.165, 1.54) is 0 Å². The molecule has 0 aromatic rings. The maximum atomic E-state index is 12.6. The van der Waals surface area contributed by atoms with Crippen LogP contribution in [0.25, 0.3) is 0 Å². The fraction of sp³-hybridized carbons (Fsp3) is 0.955. The summed E-state index contributed by atoms with van der Waals surface area (Å²) >= 11 is 0. The molecule has 2 aliphatic carbocycles. The van der Waals surface area contributed by atoms with Gasteiger partial charge in [-0.15, -0.1) is 0 Å². The first-order chi connectivity index (χ1) is 17.9. The maximum absolute atomic E-state index is 12.6.